The van der Waals surface area contributed by atoms with E-state index < -0.39 is 15.9 Å². The van der Waals surface area contributed by atoms with Crippen molar-refractivity contribution in [1.29, 1.82) is 0 Å². The number of sulfonamides is 1. The maximum Gasteiger partial charge on any atom is 0.262 e. The molecule has 0 aromatic heterocycles. The summed E-state index contributed by atoms with van der Waals surface area (Å²) in [6.45, 7) is 3.05. The van der Waals surface area contributed by atoms with Crippen molar-refractivity contribution in [3.63, 3.8) is 0 Å². The highest BCUT2D eigenvalue weighted by molar-refractivity contribution is 7.89. The van der Waals surface area contributed by atoms with Crippen LogP contribution in [-0.2, 0) is 14.8 Å². The van der Waals surface area contributed by atoms with Gasteiger partial charge in [0.15, 0.2) is 6.61 Å². The lowest BCUT2D eigenvalue weighted by molar-refractivity contribution is -0.118. The molecule has 0 radical (unpaired) electrons. The predicted octanol–water partition coefficient (Wildman–Crippen LogP) is 3.28. The number of hydrogen-bond donors (Lipinski definition) is 1. The Labute approximate surface area is 171 Å². The average molecular weight is 419 g/mol. The molecule has 1 heterocycles. The van der Waals surface area contributed by atoms with Gasteiger partial charge in [-0.05, 0) is 50.1 Å². The van der Waals surface area contributed by atoms with E-state index in [2.05, 4.69) is 5.32 Å². The average Bonchev–Trinajstić information content (AvgIpc) is 2.75. The van der Waals surface area contributed by atoms with Crippen LogP contribution in [0.15, 0.2) is 53.4 Å². The fourth-order valence-corrected chi connectivity index (χ4v) is 4.70. The van der Waals surface area contributed by atoms with Crippen LogP contribution >= 0.6 is 0 Å². The third-order valence-corrected chi connectivity index (χ3v) is 6.49. The second kappa shape index (κ2) is 9.76. The Morgan fingerprint density at radius 1 is 1.03 bits per heavy atom. The summed E-state index contributed by atoms with van der Waals surface area (Å²) in [5.41, 5.74) is 0.312. The largest absolute Gasteiger partial charge is 0.492 e. The zero-order valence-corrected chi connectivity index (χ0v) is 17.3. The molecule has 0 atom stereocenters. The molecule has 0 unspecified atom stereocenters. The molecule has 1 aliphatic heterocycles. The molecule has 29 heavy (non-hydrogen) atoms. The number of amides is 1. The van der Waals surface area contributed by atoms with E-state index in [1.54, 1.807) is 18.2 Å². The molecule has 1 fully saturated rings. The van der Waals surface area contributed by atoms with Gasteiger partial charge in [0.2, 0.25) is 10.0 Å². The van der Waals surface area contributed by atoms with Crippen molar-refractivity contribution >= 4 is 21.6 Å². The van der Waals surface area contributed by atoms with E-state index in [9.17, 15) is 13.2 Å². The molecule has 0 saturated carbocycles. The highest BCUT2D eigenvalue weighted by Gasteiger charge is 2.27. The van der Waals surface area contributed by atoms with Crippen LogP contribution in [0.1, 0.15) is 26.2 Å². The van der Waals surface area contributed by atoms with Crippen LogP contribution in [0.4, 0.5) is 5.69 Å². The summed E-state index contributed by atoms with van der Waals surface area (Å²) in [6.07, 6.45) is 2.76. The number of carbonyl (C=O) groups is 1. The first-order chi connectivity index (χ1) is 14.0. The molecular weight excluding hydrogens is 392 g/mol. The van der Waals surface area contributed by atoms with Gasteiger partial charge in [0, 0.05) is 13.1 Å². The van der Waals surface area contributed by atoms with Crippen LogP contribution in [0.25, 0.3) is 0 Å². The third-order valence-electron chi connectivity index (χ3n) is 4.59. The molecule has 2 aromatic rings. The number of hydrogen-bond acceptors (Lipinski definition) is 5. The first kappa shape index (κ1) is 21.1. The summed E-state index contributed by atoms with van der Waals surface area (Å²) in [6, 6.07) is 13.5. The summed E-state index contributed by atoms with van der Waals surface area (Å²) in [5, 5.41) is 2.71. The number of nitrogens with zero attached hydrogens (tertiary/aromatic N) is 1. The lowest BCUT2D eigenvalue weighted by Gasteiger charge is -2.26. The number of anilines is 1. The van der Waals surface area contributed by atoms with E-state index in [0.29, 0.717) is 36.9 Å². The van der Waals surface area contributed by atoms with Gasteiger partial charge in [-0.3, -0.25) is 4.79 Å². The fourth-order valence-electron chi connectivity index (χ4n) is 3.15. The molecule has 1 N–H and O–H groups in total. The monoisotopic (exact) mass is 418 g/mol. The Morgan fingerprint density at radius 2 is 1.76 bits per heavy atom. The quantitative estimate of drug-likeness (QED) is 0.711. The van der Waals surface area contributed by atoms with E-state index in [1.165, 1.54) is 16.4 Å². The summed E-state index contributed by atoms with van der Waals surface area (Å²) < 4.78 is 38.4. The second-order valence-electron chi connectivity index (χ2n) is 6.71. The maximum atomic E-state index is 13.0. The summed E-state index contributed by atoms with van der Waals surface area (Å²) >= 11 is 0. The van der Waals surface area contributed by atoms with Crippen molar-refractivity contribution in [1.82, 2.24) is 4.31 Å². The highest BCUT2D eigenvalue weighted by Crippen LogP contribution is 2.30. The van der Waals surface area contributed by atoms with Gasteiger partial charge < -0.3 is 14.8 Å². The van der Waals surface area contributed by atoms with Crippen LogP contribution < -0.4 is 14.8 Å². The molecule has 1 amide bonds. The lowest BCUT2D eigenvalue weighted by atomic mass is 10.2. The number of carbonyl (C=O) groups excluding carboxylic acids is 1. The smallest absolute Gasteiger partial charge is 0.262 e. The van der Waals surface area contributed by atoms with Crippen molar-refractivity contribution in [3.8, 4) is 11.5 Å². The Bertz CT molecular complexity index is 925. The van der Waals surface area contributed by atoms with Crippen LogP contribution in [0.5, 0.6) is 11.5 Å². The zero-order chi connectivity index (χ0) is 20.7. The first-order valence-electron chi connectivity index (χ1n) is 9.75. The topological polar surface area (TPSA) is 84.9 Å². The Kier molecular flexibility index (Phi) is 7.11. The molecule has 1 aliphatic rings. The molecule has 156 valence electrons. The molecule has 1 saturated heterocycles. The number of benzene rings is 2. The van der Waals surface area contributed by atoms with Gasteiger partial charge in [0.25, 0.3) is 5.91 Å². The summed E-state index contributed by atoms with van der Waals surface area (Å²) in [4.78, 5) is 12.5. The molecule has 0 spiro atoms. The van der Waals surface area contributed by atoms with E-state index in [4.69, 9.17) is 9.47 Å². The van der Waals surface area contributed by atoms with Crippen LogP contribution in [0.3, 0.4) is 0 Å². The van der Waals surface area contributed by atoms with Crippen molar-refractivity contribution in [2.24, 2.45) is 0 Å². The molecule has 0 bridgehead atoms. The van der Waals surface area contributed by atoms with E-state index in [1.807, 2.05) is 25.1 Å². The van der Waals surface area contributed by atoms with E-state index >= 15 is 0 Å². The van der Waals surface area contributed by atoms with Crippen molar-refractivity contribution in [2.45, 2.75) is 31.1 Å². The van der Waals surface area contributed by atoms with Gasteiger partial charge in [0.1, 0.15) is 11.5 Å². The molecule has 2 aromatic carbocycles. The molecule has 8 heteroatoms. The van der Waals surface area contributed by atoms with Crippen LogP contribution in [0.2, 0.25) is 0 Å². The highest BCUT2D eigenvalue weighted by atomic mass is 32.2. The maximum absolute atomic E-state index is 13.0. The van der Waals surface area contributed by atoms with Gasteiger partial charge in [-0.2, -0.15) is 4.31 Å². The van der Waals surface area contributed by atoms with Gasteiger partial charge in [0.05, 0.1) is 17.2 Å². The molecule has 0 aliphatic carbocycles. The molecular formula is C21H26N2O5S. The Hall–Kier alpha value is -2.58. The third kappa shape index (κ3) is 5.48. The lowest BCUT2D eigenvalue weighted by Crippen LogP contribution is -2.35. The number of piperidine rings is 1. The SMILES string of the molecule is CCOc1ccc(S(=O)(=O)N2CCCCC2)cc1NC(=O)COc1ccccc1. The minimum atomic E-state index is -3.61. The second-order valence-corrected chi connectivity index (χ2v) is 8.64. The number of nitrogens with one attached hydrogen (secondary N) is 1. The van der Waals surface area contributed by atoms with E-state index in [0.717, 1.165) is 19.3 Å². The minimum Gasteiger partial charge on any atom is -0.492 e. The zero-order valence-electron chi connectivity index (χ0n) is 16.5. The normalized spacial score (nSPS) is 14.9. The van der Waals surface area contributed by atoms with Crippen molar-refractivity contribution in [3.05, 3.63) is 48.5 Å². The molecule has 7 nitrogen and oxygen atoms in total. The molecule has 3 rings (SSSR count). The fraction of sp³-hybridized carbons (Fsp3) is 0.381. The van der Waals surface area contributed by atoms with Crippen LogP contribution in [0, 0.1) is 0 Å². The first-order valence-corrected chi connectivity index (χ1v) is 11.2. The summed E-state index contributed by atoms with van der Waals surface area (Å²) in [5.74, 6) is 0.592. The van der Waals surface area contributed by atoms with Crippen LogP contribution in [-0.4, -0.2) is 44.9 Å². The summed E-state index contributed by atoms with van der Waals surface area (Å²) in [7, 11) is -3.61. The van der Waals surface area contributed by atoms with Gasteiger partial charge in [-0.1, -0.05) is 24.6 Å². The number of rotatable bonds is 8. The Morgan fingerprint density at radius 3 is 2.45 bits per heavy atom. The predicted molar refractivity (Wildman–Crippen MR) is 111 cm³/mol. The number of para-hydroxylation sites is 1. The standard InChI is InChI=1S/C21H26N2O5S/c1-2-27-20-12-11-18(29(25,26)23-13-7-4-8-14-23)15-19(20)22-21(24)16-28-17-9-5-3-6-10-17/h3,5-6,9-12,15H,2,4,7-8,13-14,16H2,1H3,(H,22,24). The van der Waals surface area contributed by atoms with Gasteiger partial charge in [-0.15, -0.1) is 0 Å². The van der Waals surface area contributed by atoms with Crippen molar-refractivity contribution in [2.75, 3.05) is 31.6 Å². The number of ether oxygens (including phenoxy) is 2. The van der Waals surface area contributed by atoms with E-state index in [-0.39, 0.29) is 11.5 Å². The van der Waals surface area contributed by atoms with Gasteiger partial charge >= 0.3 is 0 Å². The van der Waals surface area contributed by atoms with Crippen molar-refractivity contribution < 1.29 is 22.7 Å². The minimum absolute atomic E-state index is 0.141. The van der Waals surface area contributed by atoms with Gasteiger partial charge in [-0.25, -0.2) is 8.42 Å². The Balaban J connectivity index is 1.76.